The predicted molar refractivity (Wildman–Crippen MR) is 128 cm³/mol. The van der Waals surface area contributed by atoms with E-state index in [4.69, 9.17) is 21.3 Å². The SMILES string of the molecule is COc1cc(CO)c(-c2cn3ccc(N4CCC(NP(=O)(CO)CO)CC4)cc3n2)cc1Cl. The quantitative estimate of drug-likeness (QED) is 0.353. The second-order valence-corrected chi connectivity index (χ2v) is 11.2. The average Bonchev–Trinajstić information content (AvgIpc) is 3.27. The molecule has 0 aliphatic carbocycles. The Hall–Kier alpha value is -2.13. The summed E-state index contributed by atoms with van der Waals surface area (Å²) in [6, 6.07) is 7.49. The predicted octanol–water partition coefficient (Wildman–Crippen LogP) is 2.89. The average molecular weight is 495 g/mol. The van der Waals surface area contributed by atoms with Crippen LogP contribution >= 0.6 is 18.9 Å². The maximum Gasteiger partial charge on any atom is 0.196 e. The number of hydrogen-bond donors (Lipinski definition) is 4. The summed E-state index contributed by atoms with van der Waals surface area (Å²) in [6.07, 6.45) is 4.26. The van der Waals surface area contributed by atoms with E-state index in [-0.39, 0.29) is 12.6 Å². The fraction of sp³-hybridized carbons (Fsp3) is 0.409. The van der Waals surface area contributed by atoms with Gasteiger partial charge in [-0.2, -0.15) is 0 Å². The molecule has 11 heteroatoms. The van der Waals surface area contributed by atoms with Crippen LogP contribution in [0.3, 0.4) is 0 Å². The molecular weight excluding hydrogens is 467 g/mol. The Bertz CT molecular complexity index is 1170. The summed E-state index contributed by atoms with van der Waals surface area (Å²) in [5.41, 5.74) is 3.92. The van der Waals surface area contributed by atoms with E-state index in [2.05, 4.69) is 9.99 Å². The highest BCUT2D eigenvalue weighted by Crippen LogP contribution is 2.40. The number of methoxy groups -OCH3 is 1. The summed E-state index contributed by atoms with van der Waals surface area (Å²) in [4.78, 5) is 6.99. The molecule has 1 saturated heterocycles. The van der Waals surface area contributed by atoms with Crippen molar-refractivity contribution in [2.24, 2.45) is 0 Å². The lowest BCUT2D eigenvalue weighted by molar-refractivity contribution is 0.281. The molecule has 0 spiro atoms. The molecule has 0 unspecified atom stereocenters. The number of anilines is 1. The number of ether oxygens (including phenoxy) is 1. The normalized spacial score (nSPS) is 15.4. The van der Waals surface area contributed by atoms with E-state index in [0.29, 0.717) is 22.0 Å². The first kappa shape index (κ1) is 24.0. The zero-order chi connectivity index (χ0) is 23.6. The molecule has 1 aliphatic heterocycles. The number of aliphatic hydroxyl groups is 3. The van der Waals surface area contributed by atoms with Crippen LogP contribution in [0.5, 0.6) is 5.75 Å². The number of imidazole rings is 1. The van der Waals surface area contributed by atoms with E-state index < -0.39 is 20.0 Å². The number of nitrogens with zero attached hydrogens (tertiary/aromatic N) is 3. The monoisotopic (exact) mass is 494 g/mol. The summed E-state index contributed by atoms with van der Waals surface area (Å²) in [5, 5.41) is 31.8. The van der Waals surface area contributed by atoms with Crippen molar-refractivity contribution in [3.8, 4) is 17.0 Å². The Balaban J connectivity index is 1.53. The molecule has 0 bridgehead atoms. The molecule has 178 valence electrons. The van der Waals surface area contributed by atoms with E-state index in [9.17, 15) is 19.9 Å². The summed E-state index contributed by atoms with van der Waals surface area (Å²) < 4.78 is 19.4. The first-order chi connectivity index (χ1) is 15.9. The van der Waals surface area contributed by atoms with Crippen LogP contribution in [0, 0.1) is 0 Å². The molecule has 3 heterocycles. The Morgan fingerprint density at radius 3 is 2.58 bits per heavy atom. The maximum atomic E-state index is 12.3. The van der Waals surface area contributed by atoms with E-state index in [0.717, 1.165) is 42.8 Å². The Labute approximate surface area is 197 Å². The van der Waals surface area contributed by atoms with Crippen molar-refractivity contribution in [2.45, 2.75) is 25.5 Å². The number of hydrogen-bond acceptors (Lipinski definition) is 7. The minimum atomic E-state index is -3.12. The number of benzene rings is 1. The molecule has 0 radical (unpaired) electrons. The lowest BCUT2D eigenvalue weighted by atomic mass is 10.1. The van der Waals surface area contributed by atoms with Crippen LogP contribution in [0.1, 0.15) is 18.4 Å². The van der Waals surface area contributed by atoms with Gasteiger partial charge in [0.05, 0.1) is 24.4 Å². The number of aromatic nitrogens is 2. The van der Waals surface area contributed by atoms with Crippen molar-refractivity contribution in [3.05, 3.63) is 47.2 Å². The third-order valence-electron chi connectivity index (χ3n) is 6.00. The van der Waals surface area contributed by atoms with Crippen molar-refractivity contribution < 1.29 is 24.6 Å². The van der Waals surface area contributed by atoms with Crippen molar-refractivity contribution in [1.82, 2.24) is 14.5 Å². The van der Waals surface area contributed by atoms with Gasteiger partial charge in [-0.15, -0.1) is 0 Å². The topological polar surface area (TPSA) is 120 Å². The van der Waals surface area contributed by atoms with Crippen LogP contribution in [0.25, 0.3) is 16.9 Å². The highest BCUT2D eigenvalue weighted by molar-refractivity contribution is 7.61. The standard InChI is InChI=1S/C22H28ClN4O5P/c1-32-21-8-15(12-28)18(10-19(21)23)20-11-27-7-4-17(9-22(27)24-20)26-5-2-16(3-6-26)25-33(31,13-29)14-30/h4,7-11,16,28-30H,2-3,5-6,12-14H2,1H3,(H,25,31). The van der Waals surface area contributed by atoms with Crippen molar-refractivity contribution in [2.75, 3.05) is 37.8 Å². The molecule has 33 heavy (non-hydrogen) atoms. The largest absolute Gasteiger partial charge is 0.495 e. The Kier molecular flexibility index (Phi) is 7.28. The van der Waals surface area contributed by atoms with Gasteiger partial charge in [0.1, 0.15) is 24.1 Å². The Morgan fingerprint density at radius 1 is 1.21 bits per heavy atom. The molecule has 1 aromatic carbocycles. The molecule has 9 nitrogen and oxygen atoms in total. The molecule has 4 N–H and O–H groups in total. The lowest BCUT2D eigenvalue weighted by Gasteiger charge is -2.35. The molecular formula is C22H28ClN4O5P. The van der Waals surface area contributed by atoms with Crippen LogP contribution in [-0.4, -0.2) is 63.6 Å². The van der Waals surface area contributed by atoms with Crippen LogP contribution in [0.4, 0.5) is 5.69 Å². The number of fused-ring (bicyclic) bond motifs is 1. The van der Waals surface area contributed by atoms with E-state index in [1.54, 1.807) is 12.1 Å². The van der Waals surface area contributed by atoms with Gasteiger partial charge >= 0.3 is 0 Å². The van der Waals surface area contributed by atoms with Crippen LogP contribution < -0.4 is 14.7 Å². The molecule has 0 amide bonds. The molecule has 3 aromatic rings. The van der Waals surface area contributed by atoms with Gasteiger partial charge in [0.15, 0.2) is 7.29 Å². The van der Waals surface area contributed by atoms with Gasteiger partial charge in [-0.25, -0.2) is 4.98 Å². The van der Waals surface area contributed by atoms with Crippen molar-refractivity contribution >= 4 is 30.2 Å². The third kappa shape index (κ3) is 5.04. The van der Waals surface area contributed by atoms with Gasteiger partial charge in [0.25, 0.3) is 0 Å². The van der Waals surface area contributed by atoms with Gasteiger partial charge in [-0.1, -0.05) is 11.6 Å². The number of rotatable bonds is 8. The summed E-state index contributed by atoms with van der Waals surface area (Å²) in [5.74, 6) is 0.503. The molecule has 4 rings (SSSR count). The molecule has 0 atom stereocenters. The maximum absolute atomic E-state index is 12.3. The number of piperidine rings is 1. The fourth-order valence-electron chi connectivity index (χ4n) is 4.14. The number of nitrogens with one attached hydrogen (secondary N) is 1. The second-order valence-electron chi connectivity index (χ2n) is 8.14. The number of pyridine rings is 1. The summed E-state index contributed by atoms with van der Waals surface area (Å²) >= 11 is 6.31. The number of aliphatic hydroxyl groups excluding tert-OH is 3. The van der Waals surface area contributed by atoms with Crippen LogP contribution in [0.15, 0.2) is 36.7 Å². The van der Waals surface area contributed by atoms with E-state index in [1.807, 2.05) is 28.9 Å². The smallest absolute Gasteiger partial charge is 0.196 e. The zero-order valence-corrected chi connectivity index (χ0v) is 20.0. The highest BCUT2D eigenvalue weighted by Gasteiger charge is 2.27. The third-order valence-corrected chi connectivity index (χ3v) is 8.05. The van der Waals surface area contributed by atoms with Gasteiger partial charge in [0.2, 0.25) is 0 Å². The Morgan fingerprint density at radius 2 is 1.94 bits per heavy atom. The molecule has 1 fully saturated rings. The molecule has 0 saturated carbocycles. The van der Waals surface area contributed by atoms with Gasteiger partial charge in [-0.05, 0) is 36.6 Å². The minimum absolute atomic E-state index is 0.00938. The minimum Gasteiger partial charge on any atom is -0.495 e. The lowest BCUT2D eigenvalue weighted by Crippen LogP contribution is -2.42. The van der Waals surface area contributed by atoms with Gasteiger partial charge in [0, 0.05) is 48.8 Å². The van der Waals surface area contributed by atoms with Crippen LogP contribution in [-0.2, 0) is 11.2 Å². The van der Waals surface area contributed by atoms with E-state index in [1.165, 1.54) is 7.11 Å². The number of halogens is 1. The summed E-state index contributed by atoms with van der Waals surface area (Å²) in [7, 11) is -1.59. The van der Waals surface area contributed by atoms with Crippen molar-refractivity contribution in [1.29, 1.82) is 0 Å². The van der Waals surface area contributed by atoms with Gasteiger partial charge < -0.3 is 33.9 Å². The van der Waals surface area contributed by atoms with E-state index >= 15 is 0 Å². The van der Waals surface area contributed by atoms with Crippen LogP contribution in [0.2, 0.25) is 5.02 Å². The fourth-order valence-corrected chi connectivity index (χ4v) is 5.56. The molecule has 1 aliphatic rings. The molecule has 2 aromatic heterocycles. The summed E-state index contributed by atoms with van der Waals surface area (Å²) in [6.45, 7) is 1.34. The second kappa shape index (κ2) is 10.0. The van der Waals surface area contributed by atoms with Crippen molar-refractivity contribution in [3.63, 3.8) is 0 Å². The first-order valence-electron chi connectivity index (χ1n) is 10.7. The van der Waals surface area contributed by atoms with Gasteiger partial charge in [-0.3, -0.25) is 5.09 Å². The zero-order valence-electron chi connectivity index (χ0n) is 18.3. The highest BCUT2D eigenvalue weighted by atomic mass is 35.5. The first-order valence-corrected chi connectivity index (χ1v) is 13.1.